The Balaban J connectivity index is 2.24. The Labute approximate surface area is 180 Å². The van der Waals surface area contributed by atoms with Crippen LogP contribution in [0.2, 0.25) is 0 Å². The van der Waals surface area contributed by atoms with E-state index in [2.05, 4.69) is 0 Å². The third-order valence-electron chi connectivity index (χ3n) is 4.73. The van der Waals surface area contributed by atoms with Crippen LogP contribution in [-0.4, -0.2) is 37.0 Å². The molecule has 1 atom stereocenters. The van der Waals surface area contributed by atoms with Crippen LogP contribution in [-0.2, 0) is 26.1 Å². The van der Waals surface area contributed by atoms with Crippen LogP contribution in [0.3, 0.4) is 0 Å². The van der Waals surface area contributed by atoms with Gasteiger partial charge in [0.15, 0.2) is 6.10 Å². The summed E-state index contributed by atoms with van der Waals surface area (Å²) in [4.78, 5) is 35.8. The van der Waals surface area contributed by atoms with Crippen LogP contribution in [0, 0.1) is 19.8 Å². The van der Waals surface area contributed by atoms with Gasteiger partial charge in [-0.15, -0.1) is 0 Å². The van der Waals surface area contributed by atoms with Gasteiger partial charge < -0.3 is 15.0 Å². The summed E-state index contributed by atoms with van der Waals surface area (Å²) in [6.07, 6.45) is -1.19. The summed E-state index contributed by atoms with van der Waals surface area (Å²) in [6, 6.07) is 6.72. The number of aromatic nitrogens is 1. The number of hydrogen-bond donors (Lipinski definition) is 3. The van der Waals surface area contributed by atoms with Crippen LogP contribution >= 0.6 is 0 Å². The van der Waals surface area contributed by atoms with Crippen LogP contribution in [0.1, 0.15) is 41.2 Å². The monoisotopic (exact) mass is 450 g/mol. The van der Waals surface area contributed by atoms with Gasteiger partial charge in [0.2, 0.25) is 10.0 Å². The van der Waals surface area contributed by atoms with E-state index in [0.717, 1.165) is 11.3 Å². The maximum absolute atomic E-state index is 12.7. The molecule has 5 N–H and O–H groups in total. The molecule has 11 heteroatoms. The van der Waals surface area contributed by atoms with Crippen LogP contribution in [0.15, 0.2) is 35.2 Å². The smallest absolute Gasteiger partial charge is 0.340 e. The number of hydrogen-bond acceptors (Lipinski definition) is 6. The van der Waals surface area contributed by atoms with Crippen molar-refractivity contribution >= 4 is 27.9 Å². The van der Waals surface area contributed by atoms with E-state index in [1.165, 1.54) is 12.1 Å². The number of rotatable bonds is 7. The first-order chi connectivity index (χ1) is 14.3. The van der Waals surface area contributed by atoms with Gasteiger partial charge in [0.05, 0.1) is 10.5 Å². The van der Waals surface area contributed by atoms with Crippen molar-refractivity contribution in [3.05, 3.63) is 52.8 Å². The molecule has 2 rings (SSSR count). The van der Waals surface area contributed by atoms with E-state index in [1.807, 2.05) is 16.8 Å². The Morgan fingerprint density at radius 2 is 1.71 bits per heavy atom. The first kappa shape index (κ1) is 24.1. The predicted molar refractivity (Wildman–Crippen MR) is 113 cm³/mol. The molecule has 2 aromatic rings. The second-order valence-corrected chi connectivity index (χ2v) is 9.04. The number of aryl methyl sites for hydroxylation is 1. The molecular weight excluding hydrogens is 424 g/mol. The van der Waals surface area contributed by atoms with Gasteiger partial charge in [-0.1, -0.05) is 26.0 Å². The van der Waals surface area contributed by atoms with E-state index in [0.29, 0.717) is 12.2 Å². The normalized spacial score (nSPS) is 12.5. The standard InChI is InChI=1S/C20H26N4O6S/c1-11(2)17(18(25)23-20(21)27)30-19(26)16-9-12(3)24(13(16)4)10-14-5-7-15(8-6-14)31(22,28)29/h5-9,11,17H,10H2,1-4H3,(H2,22,28,29)(H3,21,23,25,27). The molecular formula is C20H26N4O6S. The first-order valence-electron chi connectivity index (χ1n) is 9.41. The summed E-state index contributed by atoms with van der Waals surface area (Å²) in [5.74, 6) is -1.88. The van der Waals surface area contributed by atoms with Gasteiger partial charge in [0, 0.05) is 17.9 Å². The highest BCUT2D eigenvalue weighted by Gasteiger charge is 2.29. The molecule has 0 spiro atoms. The molecule has 0 radical (unpaired) electrons. The van der Waals surface area contributed by atoms with Gasteiger partial charge in [-0.2, -0.15) is 0 Å². The molecule has 0 saturated carbocycles. The molecule has 10 nitrogen and oxygen atoms in total. The first-order valence-corrected chi connectivity index (χ1v) is 11.0. The van der Waals surface area contributed by atoms with Crippen LogP contribution < -0.4 is 16.2 Å². The number of sulfonamides is 1. The van der Waals surface area contributed by atoms with Crippen molar-refractivity contribution < 1.29 is 27.5 Å². The highest BCUT2D eigenvalue weighted by molar-refractivity contribution is 7.89. The van der Waals surface area contributed by atoms with Crippen molar-refractivity contribution in [2.24, 2.45) is 16.8 Å². The molecule has 0 fully saturated rings. The SMILES string of the molecule is Cc1cc(C(=O)OC(C(=O)NC(N)=O)C(C)C)c(C)n1Cc1ccc(S(N)(=O)=O)cc1. The number of primary amides is 1. The van der Waals surface area contributed by atoms with Gasteiger partial charge in [-0.3, -0.25) is 10.1 Å². The molecule has 0 aliphatic rings. The van der Waals surface area contributed by atoms with E-state index in [9.17, 15) is 22.8 Å². The van der Waals surface area contributed by atoms with Crippen molar-refractivity contribution in [3.63, 3.8) is 0 Å². The Hall–Kier alpha value is -3.18. The highest BCUT2D eigenvalue weighted by Crippen LogP contribution is 2.20. The van der Waals surface area contributed by atoms with Crippen LogP contribution in [0.4, 0.5) is 4.79 Å². The Kier molecular flexibility index (Phi) is 7.24. The number of nitrogens with two attached hydrogens (primary N) is 2. The topological polar surface area (TPSA) is 164 Å². The summed E-state index contributed by atoms with van der Waals surface area (Å²) < 4.78 is 30.0. The number of carbonyl (C=O) groups excluding carboxylic acids is 3. The molecule has 168 valence electrons. The summed E-state index contributed by atoms with van der Waals surface area (Å²) in [6.45, 7) is 7.27. The Morgan fingerprint density at radius 3 is 2.19 bits per heavy atom. The van der Waals surface area contributed by atoms with Crippen LogP contribution in [0.25, 0.3) is 0 Å². The molecule has 3 amide bonds. The van der Waals surface area contributed by atoms with Crippen molar-refractivity contribution in [2.75, 3.05) is 0 Å². The van der Waals surface area contributed by atoms with Crippen LogP contribution in [0.5, 0.6) is 0 Å². The van der Waals surface area contributed by atoms with Gasteiger partial charge >= 0.3 is 12.0 Å². The van der Waals surface area contributed by atoms with E-state index in [4.69, 9.17) is 15.6 Å². The van der Waals surface area contributed by atoms with Crippen molar-refractivity contribution in [1.29, 1.82) is 0 Å². The zero-order chi connectivity index (χ0) is 23.5. The molecule has 1 aromatic carbocycles. The number of nitrogens with zero attached hydrogens (tertiary/aromatic N) is 1. The fraction of sp³-hybridized carbons (Fsp3) is 0.350. The number of esters is 1. The largest absolute Gasteiger partial charge is 0.448 e. The Bertz CT molecular complexity index is 1100. The van der Waals surface area contributed by atoms with E-state index >= 15 is 0 Å². The minimum Gasteiger partial charge on any atom is -0.448 e. The fourth-order valence-corrected chi connectivity index (χ4v) is 3.60. The van der Waals surface area contributed by atoms with E-state index < -0.39 is 34.0 Å². The maximum atomic E-state index is 12.7. The summed E-state index contributed by atoms with van der Waals surface area (Å²) >= 11 is 0. The minimum atomic E-state index is -3.78. The lowest BCUT2D eigenvalue weighted by Crippen LogP contribution is -2.45. The average Bonchev–Trinajstić information content (AvgIpc) is 2.93. The lowest BCUT2D eigenvalue weighted by Gasteiger charge is -2.20. The number of primary sulfonamides is 1. The number of benzene rings is 1. The van der Waals surface area contributed by atoms with Crippen molar-refractivity contribution in [1.82, 2.24) is 9.88 Å². The summed E-state index contributed by atoms with van der Waals surface area (Å²) in [5.41, 5.74) is 7.42. The molecule has 1 unspecified atom stereocenters. The van der Waals surface area contributed by atoms with Gasteiger partial charge in [0.1, 0.15) is 0 Å². The zero-order valence-electron chi connectivity index (χ0n) is 17.7. The van der Waals surface area contributed by atoms with Crippen molar-refractivity contribution in [2.45, 2.75) is 45.2 Å². The maximum Gasteiger partial charge on any atom is 0.340 e. The number of carbonyl (C=O) groups is 3. The lowest BCUT2D eigenvalue weighted by molar-refractivity contribution is -0.130. The Morgan fingerprint density at radius 1 is 1.13 bits per heavy atom. The molecule has 31 heavy (non-hydrogen) atoms. The molecule has 0 saturated heterocycles. The number of urea groups is 1. The number of amides is 3. The summed E-state index contributed by atoms with van der Waals surface area (Å²) in [5, 5.41) is 7.04. The molecule has 0 bridgehead atoms. The summed E-state index contributed by atoms with van der Waals surface area (Å²) in [7, 11) is -3.78. The third-order valence-corrected chi connectivity index (χ3v) is 5.66. The minimum absolute atomic E-state index is 0.00966. The third kappa shape index (κ3) is 5.92. The van der Waals surface area contributed by atoms with Gasteiger partial charge in [0.25, 0.3) is 5.91 Å². The second kappa shape index (κ2) is 9.31. The number of imide groups is 1. The fourth-order valence-electron chi connectivity index (χ4n) is 3.08. The number of nitrogens with one attached hydrogen (secondary N) is 1. The van der Waals surface area contributed by atoms with E-state index in [-0.39, 0.29) is 16.4 Å². The molecule has 1 aromatic heterocycles. The molecule has 0 aliphatic carbocycles. The quantitative estimate of drug-likeness (QED) is 0.536. The van der Waals surface area contributed by atoms with Gasteiger partial charge in [-0.05, 0) is 43.5 Å². The molecule has 0 aliphatic heterocycles. The van der Waals surface area contributed by atoms with Gasteiger partial charge in [-0.25, -0.2) is 23.1 Å². The second-order valence-electron chi connectivity index (χ2n) is 7.48. The average molecular weight is 451 g/mol. The predicted octanol–water partition coefficient (Wildman–Crippen LogP) is 1.18. The zero-order valence-corrected chi connectivity index (χ0v) is 18.5. The van der Waals surface area contributed by atoms with Crippen molar-refractivity contribution in [3.8, 4) is 0 Å². The lowest BCUT2D eigenvalue weighted by atomic mass is 10.1. The highest BCUT2D eigenvalue weighted by atomic mass is 32.2. The van der Waals surface area contributed by atoms with E-state index in [1.54, 1.807) is 39.0 Å². The number of ether oxygens (including phenoxy) is 1. The molecule has 1 heterocycles.